The molecule has 0 amide bonds. The molecule has 2 heterocycles. The van der Waals surface area contributed by atoms with Gasteiger partial charge in [0.15, 0.2) is 5.78 Å². The third-order valence-electron chi connectivity index (χ3n) is 3.97. The standard InChI is InChI=1S/C18H18ClNO4S2/c19-18-10-6-15(25-18)5-9-17(21)13-3-7-16(8-4-13)26(22,23)20-12-14-2-1-11-24-14/h3-10,14,20H,1-2,11-12H2/b9-5+/t14-/m1/s1. The highest BCUT2D eigenvalue weighted by Gasteiger charge is 2.20. The Morgan fingerprint density at radius 2 is 2.04 bits per heavy atom. The number of nitrogens with one attached hydrogen (secondary N) is 1. The third kappa shape index (κ3) is 5.02. The van der Waals surface area contributed by atoms with Gasteiger partial charge >= 0.3 is 0 Å². The maximum absolute atomic E-state index is 12.3. The minimum Gasteiger partial charge on any atom is -0.377 e. The summed E-state index contributed by atoms with van der Waals surface area (Å²) < 4.78 is 33.2. The molecule has 1 aromatic carbocycles. The monoisotopic (exact) mass is 411 g/mol. The average Bonchev–Trinajstić information content (AvgIpc) is 3.30. The molecule has 0 aliphatic carbocycles. The number of ketones is 1. The highest BCUT2D eigenvalue weighted by molar-refractivity contribution is 7.89. The Bertz CT molecular complexity index is 898. The highest BCUT2D eigenvalue weighted by Crippen LogP contribution is 2.22. The van der Waals surface area contributed by atoms with Gasteiger partial charge in [0.05, 0.1) is 15.3 Å². The van der Waals surface area contributed by atoms with E-state index >= 15 is 0 Å². The van der Waals surface area contributed by atoms with E-state index in [-0.39, 0.29) is 23.3 Å². The molecule has 0 bridgehead atoms. The highest BCUT2D eigenvalue weighted by atomic mass is 35.5. The molecule has 138 valence electrons. The summed E-state index contributed by atoms with van der Waals surface area (Å²) in [7, 11) is -3.62. The number of thiophene rings is 1. The summed E-state index contributed by atoms with van der Waals surface area (Å²) >= 11 is 7.22. The molecular formula is C18H18ClNO4S2. The Labute approximate surface area is 161 Å². The van der Waals surface area contributed by atoms with E-state index in [9.17, 15) is 13.2 Å². The summed E-state index contributed by atoms with van der Waals surface area (Å²) in [6, 6.07) is 9.47. The van der Waals surface area contributed by atoms with Crippen molar-refractivity contribution in [2.75, 3.05) is 13.2 Å². The summed E-state index contributed by atoms with van der Waals surface area (Å²) in [6.45, 7) is 0.934. The zero-order valence-electron chi connectivity index (χ0n) is 13.9. The second kappa shape index (κ2) is 8.45. The fourth-order valence-electron chi connectivity index (χ4n) is 2.56. The van der Waals surface area contributed by atoms with Gasteiger partial charge in [-0.25, -0.2) is 13.1 Å². The van der Waals surface area contributed by atoms with E-state index < -0.39 is 10.0 Å². The molecule has 0 spiro atoms. The van der Waals surface area contributed by atoms with Gasteiger partial charge in [0.2, 0.25) is 10.0 Å². The van der Waals surface area contributed by atoms with Crippen molar-refractivity contribution in [2.24, 2.45) is 0 Å². The van der Waals surface area contributed by atoms with Gasteiger partial charge in [-0.15, -0.1) is 11.3 Å². The minimum absolute atomic E-state index is 0.0680. The van der Waals surface area contributed by atoms with E-state index in [1.165, 1.54) is 41.7 Å². The first-order valence-electron chi connectivity index (χ1n) is 8.13. The van der Waals surface area contributed by atoms with Crippen LogP contribution < -0.4 is 4.72 Å². The quantitative estimate of drug-likeness (QED) is 0.556. The van der Waals surface area contributed by atoms with Crippen LogP contribution in [0.25, 0.3) is 6.08 Å². The lowest BCUT2D eigenvalue weighted by Gasteiger charge is -2.11. The summed E-state index contributed by atoms with van der Waals surface area (Å²) in [5.74, 6) is -0.203. The van der Waals surface area contributed by atoms with Crippen molar-refractivity contribution in [3.05, 3.63) is 57.3 Å². The van der Waals surface area contributed by atoms with Crippen LogP contribution in [0, 0.1) is 0 Å². The van der Waals surface area contributed by atoms with Crippen LogP contribution in [0.2, 0.25) is 4.34 Å². The number of carbonyl (C=O) groups is 1. The van der Waals surface area contributed by atoms with Gasteiger partial charge in [-0.3, -0.25) is 4.79 Å². The normalized spacial score (nSPS) is 17.8. The van der Waals surface area contributed by atoms with Gasteiger partial charge in [-0.2, -0.15) is 0 Å². The molecule has 1 aliphatic rings. The summed E-state index contributed by atoms with van der Waals surface area (Å²) in [5.41, 5.74) is 0.418. The molecule has 1 aliphatic heterocycles. The average molecular weight is 412 g/mol. The number of carbonyl (C=O) groups excluding carboxylic acids is 1. The van der Waals surface area contributed by atoms with E-state index in [0.29, 0.717) is 16.5 Å². The number of benzene rings is 1. The number of ether oxygens (including phenoxy) is 1. The van der Waals surface area contributed by atoms with Crippen LogP contribution in [0.1, 0.15) is 28.1 Å². The number of rotatable bonds is 7. The molecule has 3 rings (SSSR count). The molecule has 1 saturated heterocycles. The first-order valence-corrected chi connectivity index (χ1v) is 10.8. The van der Waals surface area contributed by atoms with Crippen molar-refractivity contribution in [2.45, 2.75) is 23.8 Å². The van der Waals surface area contributed by atoms with Gasteiger partial charge < -0.3 is 4.74 Å². The second-order valence-electron chi connectivity index (χ2n) is 5.85. The lowest BCUT2D eigenvalue weighted by atomic mass is 10.1. The SMILES string of the molecule is O=C(/C=C/c1ccc(Cl)s1)c1ccc(S(=O)(=O)NC[C@H]2CCCO2)cc1. The summed E-state index contributed by atoms with van der Waals surface area (Å²) in [6.07, 6.45) is 4.88. The Kier molecular flexibility index (Phi) is 6.26. The number of hydrogen-bond donors (Lipinski definition) is 1. The second-order valence-corrected chi connectivity index (χ2v) is 9.36. The van der Waals surface area contributed by atoms with E-state index in [1.54, 1.807) is 12.1 Å². The number of sulfonamides is 1. The first-order chi connectivity index (χ1) is 12.4. The Morgan fingerprint density at radius 3 is 2.65 bits per heavy atom. The van der Waals surface area contributed by atoms with Gasteiger partial charge in [-0.05, 0) is 61.4 Å². The van der Waals surface area contributed by atoms with Gasteiger partial charge in [0.1, 0.15) is 0 Å². The van der Waals surface area contributed by atoms with E-state index in [4.69, 9.17) is 16.3 Å². The van der Waals surface area contributed by atoms with Crippen molar-refractivity contribution >= 4 is 44.8 Å². The van der Waals surface area contributed by atoms with Crippen molar-refractivity contribution in [3.8, 4) is 0 Å². The summed E-state index contributed by atoms with van der Waals surface area (Å²) in [5, 5.41) is 0. The van der Waals surface area contributed by atoms with Gasteiger partial charge in [0, 0.05) is 23.6 Å². The molecule has 1 N–H and O–H groups in total. The first kappa shape index (κ1) is 19.3. The van der Waals surface area contributed by atoms with Crippen LogP contribution >= 0.6 is 22.9 Å². The maximum Gasteiger partial charge on any atom is 0.240 e. The van der Waals surface area contributed by atoms with Crippen molar-refractivity contribution < 1.29 is 17.9 Å². The topological polar surface area (TPSA) is 72.5 Å². The molecule has 0 radical (unpaired) electrons. The molecule has 2 aromatic rings. The number of allylic oxidation sites excluding steroid dienone is 1. The summed E-state index contributed by atoms with van der Waals surface area (Å²) in [4.78, 5) is 13.2. The fourth-order valence-corrected chi connectivity index (χ4v) is 4.59. The zero-order valence-corrected chi connectivity index (χ0v) is 16.2. The molecule has 1 atom stereocenters. The van der Waals surface area contributed by atoms with Crippen LogP contribution in [-0.4, -0.2) is 33.5 Å². The van der Waals surface area contributed by atoms with Crippen LogP contribution in [0.3, 0.4) is 0 Å². The van der Waals surface area contributed by atoms with Crippen LogP contribution in [-0.2, 0) is 14.8 Å². The largest absolute Gasteiger partial charge is 0.377 e. The minimum atomic E-state index is -3.62. The predicted octanol–water partition coefficient (Wildman–Crippen LogP) is 3.75. The molecule has 5 nitrogen and oxygen atoms in total. The molecule has 26 heavy (non-hydrogen) atoms. The van der Waals surface area contributed by atoms with Crippen LogP contribution in [0.5, 0.6) is 0 Å². The van der Waals surface area contributed by atoms with E-state index in [0.717, 1.165) is 17.7 Å². The van der Waals surface area contributed by atoms with Gasteiger partial charge in [-0.1, -0.05) is 11.6 Å². The van der Waals surface area contributed by atoms with Crippen molar-refractivity contribution in [1.82, 2.24) is 4.72 Å². The van der Waals surface area contributed by atoms with E-state index in [2.05, 4.69) is 4.72 Å². The molecule has 1 aromatic heterocycles. The van der Waals surface area contributed by atoms with Crippen molar-refractivity contribution in [3.63, 3.8) is 0 Å². The lowest BCUT2D eigenvalue weighted by Crippen LogP contribution is -2.31. The van der Waals surface area contributed by atoms with Crippen LogP contribution in [0.4, 0.5) is 0 Å². The van der Waals surface area contributed by atoms with E-state index in [1.807, 2.05) is 6.07 Å². The molecule has 0 saturated carbocycles. The Hall–Kier alpha value is -1.51. The molecular weight excluding hydrogens is 394 g/mol. The fraction of sp³-hybridized carbons (Fsp3) is 0.278. The maximum atomic E-state index is 12.3. The van der Waals surface area contributed by atoms with Crippen LogP contribution in [0.15, 0.2) is 47.4 Å². The Balaban J connectivity index is 1.63. The number of hydrogen-bond acceptors (Lipinski definition) is 5. The molecule has 1 fully saturated rings. The predicted molar refractivity (Wildman–Crippen MR) is 103 cm³/mol. The zero-order chi connectivity index (χ0) is 18.6. The molecule has 0 unspecified atom stereocenters. The van der Waals surface area contributed by atoms with Gasteiger partial charge in [0.25, 0.3) is 0 Å². The third-order valence-corrected chi connectivity index (χ3v) is 6.60. The van der Waals surface area contributed by atoms with Crippen molar-refractivity contribution in [1.29, 1.82) is 0 Å². The lowest BCUT2D eigenvalue weighted by molar-refractivity contribution is 0.104. The molecule has 8 heteroatoms. The Morgan fingerprint density at radius 1 is 1.27 bits per heavy atom. The number of halogens is 1. The smallest absolute Gasteiger partial charge is 0.240 e.